The van der Waals surface area contributed by atoms with Gasteiger partial charge >= 0.3 is 0 Å². The fraction of sp³-hybridized carbons (Fsp3) is 0.267. The van der Waals surface area contributed by atoms with E-state index in [1.54, 1.807) is 21.3 Å². The van der Waals surface area contributed by atoms with Gasteiger partial charge < -0.3 is 4.90 Å². The fourth-order valence-corrected chi connectivity index (χ4v) is 7.27. The molecule has 4 aromatic rings. The van der Waals surface area contributed by atoms with Crippen molar-refractivity contribution in [2.75, 3.05) is 11.4 Å². The number of amides is 1. The van der Waals surface area contributed by atoms with Gasteiger partial charge in [0.05, 0.1) is 17.1 Å². The highest BCUT2D eigenvalue weighted by atomic mass is 32.2. The monoisotopic (exact) mass is 528 g/mol. The molecule has 0 aliphatic carbocycles. The molecule has 1 aliphatic heterocycles. The molecule has 1 amide bonds. The number of carbonyl (C=O) groups is 1. The van der Waals surface area contributed by atoms with Crippen LogP contribution in [0.5, 0.6) is 0 Å². The highest BCUT2D eigenvalue weighted by Gasteiger charge is 2.34. The summed E-state index contributed by atoms with van der Waals surface area (Å²) in [4.78, 5) is 15.7. The predicted octanol–water partition coefficient (Wildman–Crippen LogP) is 4.94. The summed E-state index contributed by atoms with van der Waals surface area (Å²) in [5.41, 5.74) is 6.45. The SMILES string of the molecule is Cc1cc(C)c(S(=O)(=O)N2CCc3c(c(CN(C(=O)c4ccccc4)c4ccccc4)nn3C)C2)c(C)c1. The van der Waals surface area contributed by atoms with Gasteiger partial charge in [0, 0.05) is 49.1 Å². The molecule has 3 aromatic carbocycles. The van der Waals surface area contributed by atoms with Crippen LogP contribution in [0.15, 0.2) is 77.7 Å². The molecule has 0 N–H and O–H groups in total. The number of hydrogen-bond acceptors (Lipinski definition) is 4. The molecule has 0 bridgehead atoms. The van der Waals surface area contributed by atoms with Crippen molar-refractivity contribution in [3.8, 4) is 0 Å². The third-order valence-corrected chi connectivity index (χ3v) is 9.29. The molecule has 7 nitrogen and oxygen atoms in total. The van der Waals surface area contributed by atoms with E-state index in [0.29, 0.717) is 29.1 Å². The second-order valence-corrected chi connectivity index (χ2v) is 11.8. The Hall–Kier alpha value is -3.75. The van der Waals surface area contributed by atoms with Crippen molar-refractivity contribution in [2.24, 2.45) is 7.05 Å². The molecule has 196 valence electrons. The van der Waals surface area contributed by atoms with Crippen molar-refractivity contribution >= 4 is 21.6 Å². The standard InChI is InChI=1S/C30H32N4O3S/c1-21-17-22(2)29(23(3)18-21)38(36,37)33-16-15-28-26(19-33)27(31-32(28)4)20-34(25-13-9-6-10-14-25)30(35)24-11-7-5-8-12-24/h5-14,17-18H,15-16,19-20H2,1-4H3. The van der Waals surface area contributed by atoms with Crippen LogP contribution in [-0.4, -0.2) is 35.0 Å². The number of rotatable bonds is 6. The number of benzene rings is 3. The van der Waals surface area contributed by atoms with Gasteiger partial charge in [-0.25, -0.2) is 8.42 Å². The van der Waals surface area contributed by atoms with Crippen LogP contribution >= 0.6 is 0 Å². The second-order valence-electron chi connectivity index (χ2n) is 9.90. The summed E-state index contributed by atoms with van der Waals surface area (Å²) in [6, 6.07) is 22.5. The van der Waals surface area contributed by atoms with Gasteiger partial charge in [0.1, 0.15) is 0 Å². The summed E-state index contributed by atoms with van der Waals surface area (Å²) >= 11 is 0. The third-order valence-electron chi connectivity index (χ3n) is 7.13. The van der Waals surface area contributed by atoms with Crippen LogP contribution in [0.4, 0.5) is 5.69 Å². The zero-order chi connectivity index (χ0) is 27.0. The lowest BCUT2D eigenvalue weighted by atomic mass is 10.1. The van der Waals surface area contributed by atoms with Gasteiger partial charge in [-0.3, -0.25) is 9.48 Å². The quantitative estimate of drug-likeness (QED) is 0.355. The number of fused-ring (bicyclic) bond motifs is 1. The first kappa shape index (κ1) is 25.9. The van der Waals surface area contributed by atoms with E-state index >= 15 is 0 Å². The van der Waals surface area contributed by atoms with E-state index in [-0.39, 0.29) is 19.0 Å². The molecule has 2 heterocycles. The Balaban J connectivity index is 1.51. The zero-order valence-corrected chi connectivity index (χ0v) is 23.0. The van der Waals surface area contributed by atoms with Gasteiger partial charge in [0.25, 0.3) is 5.91 Å². The Labute approximate surface area is 224 Å². The molecule has 0 radical (unpaired) electrons. The first-order chi connectivity index (χ1) is 18.2. The lowest BCUT2D eigenvalue weighted by Crippen LogP contribution is -2.37. The van der Waals surface area contributed by atoms with E-state index in [4.69, 9.17) is 5.10 Å². The van der Waals surface area contributed by atoms with Gasteiger partial charge in [0.2, 0.25) is 10.0 Å². The van der Waals surface area contributed by atoms with Crippen LogP contribution in [0.3, 0.4) is 0 Å². The minimum absolute atomic E-state index is 0.137. The van der Waals surface area contributed by atoms with Crippen molar-refractivity contribution < 1.29 is 13.2 Å². The summed E-state index contributed by atoms with van der Waals surface area (Å²) in [6.45, 7) is 6.51. The van der Waals surface area contributed by atoms with Crippen molar-refractivity contribution in [3.63, 3.8) is 0 Å². The van der Waals surface area contributed by atoms with Crippen molar-refractivity contribution in [1.82, 2.24) is 14.1 Å². The Morgan fingerprint density at radius 2 is 1.55 bits per heavy atom. The topological polar surface area (TPSA) is 75.5 Å². The smallest absolute Gasteiger partial charge is 0.258 e. The maximum absolute atomic E-state index is 13.8. The lowest BCUT2D eigenvalue weighted by Gasteiger charge is -2.29. The minimum Gasteiger partial charge on any atom is -0.302 e. The normalized spacial score (nSPS) is 13.8. The molecule has 0 saturated carbocycles. The van der Waals surface area contributed by atoms with Crippen LogP contribution in [-0.2, 0) is 36.6 Å². The van der Waals surface area contributed by atoms with E-state index < -0.39 is 10.0 Å². The molecule has 38 heavy (non-hydrogen) atoms. The Bertz CT molecular complexity index is 1570. The highest BCUT2D eigenvalue weighted by molar-refractivity contribution is 7.89. The Kier molecular flexibility index (Phi) is 6.94. The molecular formula is C30H32N4O3S. The number of anilines is 1. The van der Waals surface area contributed by atoms with Gasteiger partial charge in [-0.15, -0.1) is 0 Å². The van der Waals surface area contributed by atoms with Crippen LogP contribution in [0.25, 0.3) is 0 Å². The molecule has 5 rings (SSSR count). The van der Waals surface area contributed by atoms with E-state index in [2.05, 4.69) is 0 Å². The average Bonchev–Trinajstić information content (AvgIpc) is 3.21. The van der Waals surface area contributed by atoms with E-state index in [0.717, 1.165) is 33.6 Å². The number of aromatic nitrogens is 2. The number of hydrogen-bond donors (Lipinski definition) is 0. The summed E-state index contributed by atoms with van der Waals surface area (Å²) < 4.78 is 31.1. The van der Waals surface area contributed by atoms with Crippen LogP contribution in [0.1, 0.15) is 44.0 Å². The molecule has 1 aliphatic rings. The van der Waals surface area contributed by atoms with E-state index in [1.165, 1.54) is 0 Å². The number of sulfonamides is 1. The Morgan fingerprint density at radius 3 is 2.18 bits per heavy atom. The largest absolute Gasteiger partial charge is 0.302 e. The third kappa shape index (κ3) is 4.77. The first-order valence-electron chi connectivity index (χ1n) is 12.7. The van der Waals surface area contributed by atoms with Crippen LogP contribution in [0.2, 0.25) is 0 Å². The van der Waals surface area contributed by atoms with Gasteiger partial charge in [0.15, 0.2) is 0 Å². The minimum atomic E-state index is -3.71. The fourth-order valence-electron chi connectivity index (χ4n) is 5.45. The summed E-state index contributed by atoms with van der Waals surface area (Å²) in [6.07, 6.45) is 0.556. The molecule has 0 fully saturated rings. The number of carbonyl (C=O) groups excluding carboxylic acids is 1. The van der Waals surface area contributed by atoms with Gasteiger partial charge in [-0.1, -0.05) is 54.1 Å². The maximum Gasteiger partial charge on any atom is 0.258 e. The van der Waals surface area contributed by atoms with Crippen molar-refractivity contribution in [2.45, 2.75) is 45.2 Å². The zero-order valence-electron chi connectivity index (χ0n) is 22.2. The second kappa shape index (κ2) is 10.2. The molecule has 0 spiro atoms. The average molecular weight is 529 g/mol. The van der Waals surface area contributed by atoms with Gasteiger partial charge in [-0.05, 0) is 56.2 Å². The van der Waals surface area contributed by atoms with E-state index in [9.17, 15) is 13.2 Å². The maximum atomic E-state index is 13.8. The highest BCUT2D eigenvalue weighted by Crippen LogP contribution is 2.31. The van der Waals surface area contributed by atoms with E-state index in [1.807, 2.05) is 93.2 Å². The molecule has 8 heteroatoms. The summed E-state index contributed by atoms with van der Waals surface area (Å²) in [5, 5.41) is 4.77. The lowest BCUT2D eigenvalue weighted by molar-refractivity contribution is 0.0984. The molecule has 0 unspecified atom stereocenters. The predicted molar refractivity (Wildman–Crippen MR) is 149 cm³/mol. The number of para-hydroxylation sites is 1. The number of aryl methyl sites for hydroxylation is 4. The summed E-state index contributed by atoms with van der Waals surface area (Å²) in [5.74, 6) is -0.137. The number of nitrogens with zero attached hydrogens (tertiary/aromatic N) is 4. The summed E-state index contributed by atoms with van der Waals surface area (Å²) in [7, 11) is -1.83. The van der Waals surface area contributed by atoms with Crippen LogP contribution in [0, 0.1) is 20.8 Å². The van der Waals surface area contributed by atoms with Crippen molar-refractivity contribution in [1.29, 1.82) is 0 Å². The van der Waals surface area contributed by atoms with Crippen molar-refractivity contribution in [3.05, 3.63) is 112 Å². The molecular weight excluding hydrogens is 496 g/mol. The van der Waals surface area contributed by atoms with Crippen LogP contribution < -0.4 is 4.90 Å². The molecule has 0 saturated heterocycles. The molecule has 1 aromatic heterocycles. The Morgan fingerprint density at radius 1 is 0.947 bits per heavy atom. The molecule has 0 atom stereocenters. The first-order valence-corrected chi connectivity index (χ1v) is 14.1. The van der Waals surface area contributed by atoms with Gasteiger partial charge in [-0.2, -0.15) is 9.40 Å².